The molecular formula is C15H13ClINO. The van der Waals surface area contributed by atoms with Crippen LogP contribution in [0.15, 0.2) is 35.3 Å². The molecule has 0 aromatic heterocycles. The second-order valence-corrected chi connectivity index (χ2v) is 5.92. The Labute approximate surface area is 131 Å². The molecule has 0 saturated carbocycles. The van der Waals surface area contributed by atoms with E-state index in [-0.39, 0.29) is 5.75 Å². The van der Waals surface area contributed by atoms with Crippen LogP contribution >= 0.6 is 34.2 Å². The zero-order chi connectivity index (χ0) is 14.0. The van der Waals surface area contributed by atoms with Gasteiger partial charge in [-0.3, -0.25) is 4.99 Å². The van der Waals surface area contributed by atoms with Gasteiger partial charge in [0.2, 0.25) is 0 Å². The molecule has 0 aliphatic rings. The first-order chi connectivity index (χ1) is 8.99. The van der Waals surface area contributed by atoms with Crippen LogP contribution in [0.1, 0.15) is 16.7 Å². The lowest BCUT2D eigenvalue weighted by molar-refractivity contribution is 0.473. The van der Waals surface area contributed by atoms with Crippen molar-refractivity contribution in [2.45, 2.75) is 13.8 Å². The molecule has 4 heteroatoms. The van der Waals surface area contributed by atoms with Gasteiger partial charge in [0, 0.05) is 20.4 Å². The van der Waals surface area contributed by atoms with Gasteiger partial charge in [-0.2, -0.15) is 0 Å². The monoisotopic (exact) mass is 385 g/mol. The van der Waals surface area contributed by atoms with E-state index >= 15 is 0 Å². The van der Waals surface area contributed by atoms with E-state index in [4.69, 9.17) is 11.6 Å². The lowest BCUT2D eigenvalue weighted by atomic mass is 10.0. The highest BCUT2D eigenvalue weighted by Gasteiger charge is 2.09. The molecule has 2 aromatic rings. The van der Waals surface area contributed by atoms with Crippen molar-refractivity contribution in [1.82, 2.24) is 0 Å². The molecule has 2 rings (SSSR count). The molecule has 0 heterocycles. The summed E-state index contributed by atoms with van der Waals surface area (Å²) in [7, 11) is 0. The van der Waals surface area contributed by atoms with Gasteiger partial charge in [0.15, 0.2) is 0 Å². The normalized spacial score (nSPS) is 11.2. The highest BCUT2D eigenvalue weighted by atomic mass is 127. The van der Waals surface area contributed by atoms with Crippen molar-refractivity contribution in [1.29, 1.82) is 0 Å². The summed E-state index contributed by atoms with van der Waals surface area (Å²) in [6.07, 6.45) is 1.65. The van der Waals surface area contributed by atoms with Gasteiger partial charge in [-0.15, -0.1) is 0 Å². The van der Waals surface area contributed by atoms with E-state index in [9.17, 15) is 5.11 Å². The first-order valence-electron chi connectivity index (χ1n) is 5.77. The Morgan fingerprint density at radius 1 is 1.21 bits per heavy atom. The highest BCUT2D eigenvalue weighted by Crippen LogP contribution is 2.30. The Bertz CT molecular complexity index is 636. The van der Waals surface area contributed by atoms with Crippen LogP contribution in [0.5, 0.6) is 5.75 Å². The van der Waals surface area contributed by atoms with Crippen LogP contribution in [0, 0.1) is 17.4 Å². The van der Waals surface area contributed by atoms with E-state index in [2.05, 4.69) is 27.6 Å². The zero-order valence-corrected chi connectivity index (χ0v) is 13.5. The van der Waals surface area contributed by atoms with Gasteiger partial charge in [-0.05, 0) is 77.9 Å². The van der Waals surface area contributed by atoms with Crippen molar-refractivity contribution >= 4 is 46.1 Å². The maximum atomic E-state index is 9.97. The standard InChI is InChI=1S/C15H13ClINO/c1-9-7-14(19)13(10(2)15(9)16)8-18-12-5-3-11(17)4-6-12/h3-8,19H,1-2H3. The molecule has 0 spiro atoms. The summed E-state index contributed by atoms with van der Waals surface area (Å²) in [6, 6.07) is 9.50. The van der Waals surface area contributed by atoms with E-state index in [1.807, 2.05) is 38.1 Å². The van der Waals surface area contributed by atoms with Gasteiger partial charge in [-0.1, -0.05) is 11.6 Å². The summed E-state index contributed by atoms with van der Waals surface area (Å²) < 4.78 is 1.16. The number of aliphatic imine (C=N–C) groups is 1. The van der Waals surface area contributed by atoms with Gasteiger partial charge >= 0.3 is 0 Å². The first-order valence-corrected chi connectivity index (χ1v) is 7.23. The molecular weight excluding hydrogens is 373 g/mol. The molecule has 2 nitrogen and oxygen atoms in total. The molecule has 0 bridgehead atoms. The fourth-order valence-electron chi connectivity index (χ4n) is 1.78. The fourth-order valence-corrected chi connectivity index (χ4v) is 2.30. The van der Waals surface area contributed by atoms with Gasteiger partial charge in [-0.25, -0.2) is 0 Å². The van der Waals surface area contributed by atoms with Crippen molar-refractivity contribution in [2.75, 3.05) is 0 Å². The largest absolute Gasteiger partial charge is 0.507 e. The molecule has 0 aliphatic carbocycles. The molecule has 1 N–H and O–H groups in total. The van der Waals surface area contributed by atoms with Crippen LogP contribution in [0.4, 0.5) is 5.69 Å². The zero-order valence-electron chi connectivity index (χ0n) is 10.6. The van der Waals surface area contributed by atoms with Crippen molar-refractivity contribution in [3.63, 3.8) is 0 Å². The van der Waals surface area contributed by atoms with Crippen molar-refractivity contribution in [2.24, 2.45) is 4.99 Å². The molecule has 0 amide bonds. The van der Waals surface area contributed by atoms with Gasteiger partial charge in [0.1, 0.15) is 5.75 Å². The SMILES string of the molecule is Cc1cc(O)c(C=Nc2ccc(I)cc2)c(C)c1Cl. The topological polar surface area (TPSA) is 32.6 Å². The van der Waals surface area contributed by atoms with Crippen LogP contribution in [0.3, 0.4) is 0 Å². The number of benzene rings is 2. The second kappa shape index (κ2) is 5.92. The van der Waals surface area contributed by atoms with Gasteiger partial charge in [0.05, 0.1) is 5.69 Å². The Morgan fingerprint density at radius 3 is 2.47 bits per heavy atom. The lowest BCUT2D eigenvalue weighted by Gasteiger charge is -2.08. The molecule has 2 aromatic carbocycles. The average Bonchev–Trinajstić information content (AvgIpc) is 2.38. The number of hydrogen-bond acceptors (Lipinski definition) is 2. The average molecular weight is 386 g/mol. The third-order valence-corrected chi connectivity index (χ3v) is 4.18. The van der Waals surface area contributed by atoms with Gasteiger partial charge in [0.25, 0.3) is 0 Å². The minimum absolute atomic E-state index is 0.202. The summed E-state index contributed by atoms with van der Waals surface area (Å²) in [5.41, 5.74) is 3.21. The number of halogens is 2. The van der Waals surface area contributed by atoms with Crippen molar-refractivity contribution < 1.29 is 5.11 Å². The number of nitrogens with zero attached hydrogens (tertiary/aromatic N) is 1. The van der Waals surface area contributed by atoms with Crippen LogP contribution < -0.4 is 0 Å². The van der Waals surface area contributed by atoms with Crippen LogP contribution in [-0.2, 0) is 0 Å². The van der Waals surface area contributed by atoms with Crippen molar-refractivity contribution in [3.05, 3.63) is 55.6 Å². The highest BCUT2D eigenvalue weighted by molar-refractivity contribution is 14.1. The molecule has 0 atom stereocenters. The number of aryl methyl sites for hydroxylation is 1. The summed E-state index contributed by atoms with van der Waals surface area (Å²) >= 11 is 8.43. The lowest BCUT2D eigenvalue weighted by Crippen LogP contribution is -1.92. The Hall–Kier alpha value is -1.07. The summed E-state index contributed by atoms with van der Waals surface area (Å²) in [6.45, 7) is 3.75. The Morgan fingerprint density at radius 2 is 1.84 bits per heavy atom. The predicted molar refractivity (Wildman–Crippen MR) is 89.0 cm³/mol. The minimum atomic E-state index is 0.202. The van der Waals surface area contributed by atoms with E-state index in [0.29, 0.717) is 10.6 Å². The molecule has 0 unspecified atom stereocenters. The van der Waals surface area contributed by atoms with E-state index in [1.165, 1.54) is 0 Å². The van der Waals surface area contributed by atoms with E-state index < -0.39 is 0 Å². The minimum Gasteiger partial charge on any atom is -0.507 e. The van der Waals surface area contributed by atoms with E-state index in [0.717, 1.165) is 20.4 Å². The molecule has 0 fully saturated rings. The van der Waals surface area contributed by atoms with E-state index in [1.54, 1.807) is 12.3 Å². The first kappa shape index (κ1) is 14.3. The van der Waals surface area contributed by atoms with Gasteiger partial charge < -0.3 is 5.11 Å². The van der Waals surface area contributed by atoms with Crippen LogP contribution in [-0.4, -0.2) is 11.3 Å². The second-order valence-electron chi connectivity index (χ2n) is 4.30. The maximum absolute atomic E-state index is 9.97. The van der Waals surface area contributed by atoms with Crippen LogP contribution in [0.2, 0.25) is 5.02 Å². The summed E-state index contributed by atoms with van der Waals surface area (Å²) in [5.74, 6) is 0.202. The maximum Gasteiger partial charge on any atom is 0.124 e. The Kier molecular flexibility index (Phi) is 4.47. The van der Waals surface area contributed by atoms with Crippen molar-refractivity contribution in [3.8, 4) is 5.75 Å². The number of rotatable bonds is 2. The quantitative estimate of drug-likeness (QED) is 0.571. The van der Waals surface area contributed by atoms with Crippen LogP contribution in [0.25, 0.3) is 0 Å². The molecule has 0 saturated heterocycles. The molecule has 0 radical (unpaired) electrons. The summed E-state index contributed by atoms with van der Waals surface area (Å²) in [4.78, 5) is 4.36. The molecule has 98 valence electrons. The number of hydrogen-bond donors (Lipinski definition) is 1. The summed E-state index contributed by atoms with van der Waals surface area (Å²) in [5, 5.41) is 10.6. The third kappa shape index (κ3) is 3.28. The predicted octanol–water partition coefficient (Wildman–Crippen LogP) is 5.02. The number of aromatic hydroxyl groups is 1. The Balaban J connectivity index is 2.38. The number of phenolic OH excluding ortho intramolecular Hbond substituents is 1. The third-order valence-electron chi connectivity index (χ3n) is 2.88. The molecule has 0 aliphatic heterocycles. The fraction of sp³-hybridized carbons (Fsp3) is 0.133. The number of phenols is 1. The molecule has 19 heavy (non-hydrogen) atoms. The smallest absolute Gasteiger partial charge is 0.124 e.